The van der Waals surface area contributed by atoms with Gasteiger partial charge in [-0.15, -0.1) is 5.10 Å². The normalized spacial score (nSPS) is 25.9. The SMILES string of the molecule is CNC(=O)[C@H]1C[C@H](O)CN1C(=O)[C@@H](n1cc(CCC2CCCCO2)nn1)C(C)(C)C. The number of hydrogen-bond donors (Lipinski definition) is 2. The average Bonchev–Trinajstić information content (AvgIpc) is 3.32. The fourth-order valence-electron chi connectivity index (χ4n) is 4.41. The molecule has 0 radical (unpaired) electrons. The van der Waals surface area contributed by atoms with Gasteiger partial charge in [-0.2, -0.15) is 0 Å². The van der Waals surface area contributed by atoms with Gasteiger partial charge in [-0.05, 0) is 37.5 Å². The molecule has 2 fully saturated rings. The number of likely N-dealkylation sites (tertiary alicyclic amines) is 1. The number of carbonyl (C=O) groups excluding carboxylic acids is 2. The number of aliphatic hydroxyl groups is 1. The number of aryl methyl sites for hydroxylation is 1. The molecule has 0 bridgehead atoms. The highest BCUT2D eigenvalue weighted by Gasteiger charge is 2.45. The molecule has 9 heteroatoms. The lowest BCUT2D eigenvalue weighted by molar-refractivity contribution is -0.144. The smallest absolute Gasteiger partial charge is 0.248 e. The molecular weight excluding hydrogens is 386 g/mol. The van der Waals surface area contributed by atoms with Crippen molar-refractivity contribution in [3.05, 3.63) is 11.9 Å². The number of nitrogens with zero attached hydrogens (tertiary/aromatic N) is 4. The van der Waals surface area contributed by atoms with Crippen LogP contribution >= 0.6 is 0 Å². The Labute approximate surface area is 178 Å². The summed E-state index contributed by atoms with van der Waals surface area (Å²) in [6.07, 6.45) is 6.68. The van der Waals surface area contributed by atoms with E-state index in [1.807, 2.05) is 27.0 Å². The summed E-state index contributed by atoms with van der Waals surface area (Å²) < 4.78 is 7.41. The summed E-state index contributed by atoms with van der Waals surface area (Å²) in [6.45, 7) is 6.87. The van der Waals surface area contributed by atoms with Crippen LogP contribution in [-0.2, 0) is 20.7 Å². The molecular formula is C21H35N5O4. The molecule has 0 aromatic carbocycles. The molecule has 4 atom stereocenters. The van der Waals surface area contributed by atoms with Gasteiger partial charge in [0.25, 0.3) is 0 Å². The molecule has 2 saturated heterocycles. The third kappa shape index (κ3) is 5.18. The number of hydrogen-bond acceptors (Lipinski definition) is 6. The number of carbonyl (C=O) groups is 2. The molecule has 9 nitrogen and oxygen atoms in total. The first kappa shape index (κ1) is 22.7. The lowest BCUT2D eigenvalue weighted by atomic mass is 9.85. The van der Waals surface area contributed by atoms with Gasteiger partial charge in [0.15, 0.2) is 0 Å². The van der Waals surface area contributed by atoms with Crippen LogP contribution in [0.1, 0.15) is 64.6 Å². The number of likely N-dealkylation sites (N-methyl/N-ethyl adjacent to an activating group) is 1. The summed E-state index contributed by atoms with van der Waals surface area (Å²) in [6, 6.07) is -1.30. The van der Waals surface area contributed by atoms with E-state index < -0.39 is 23.6 Å². The van der Waals surface area contributed by atoms with Gasteiger partial charge in [0.05, 0.1) is 17.9 Å². The van der Waals surface area contributed by atoms with Crippen molar-refractivity contribution in [3.63, 3.8) is 0 Å². The molecule has 3 heterocycles. The molecule has 2 aliphatic rings. The topological polar surface area (TPSA) is 110 Å². The molecule has 0 aliphatic carbocycles. The van der Waals surface area contributed by atoms with Crippen molar-refractivity contribution in [2.45, 2.75) is 83.6 Å². The van der Waals surface area contributed by atoms with E-state index in [1.165, 1.54) is 18.4 Å². The van der Waals surface area contributed by atoms with Crippen LogP contribution in [0.5, 0.6) is 0 Å². The Hall–Kier alpha value is -2.00. The summed E-state index contributed by atoms with van der Waals surface area (Å²) in [5.41, 5.74) is 0.380. The second-order valence-electron chi connectivity index (χ2n) is 9.50. The minimum atomic E-state index is -0.710. The highest BCUT2D eigenvalue weighted by atomic mass is 16.5. The molecule has 2 N–H and O–H groups in total. The first-order valence-corrected chi connectivity index (χ1v) is 10.9. The monoisotopic (exact) mass is 421 g/mol. The Balaban J connectivity index is 1.75. The fraction of sp³-hybridized carbons (Fsp3) is 0.810. The Morgan fingerprint density at radius 3 is 2.77 bits per heavy atom. The van der Waals surface area contributed by atoms with E-state index >= 15 is 0 Å². The molecule has 3 rings (SSSR count). The third-order valence-corrected chi connectivity index (χ3v) is 5.98. The van der Waals surface area contributed by atoms with Crippen molar-refractivity contribution in [1.82, 2.24) is 25.2 Å². The van der Waals surface area contributed by atoms with Crippen LogP contribution < -0.4 is 5.32 Å². The molecule has 0 spiro atoms. The van der Waals surface area contributed by atoms with Gasteiger partial charge in [0, 0.05) is 32.8 Å². The number of aliphatic hydroxyl groups excluding tert-OH is 1. The summed E-state index contributed by atoms with van der Waals surface area (Å²) in [4.78, 5) is 27.3. The number of ether oxygens (including phenoxy) is 1. The second kappa shape index (κ2) is 9.43. The summed E-state index contributed by atoms with van der Waals surface area (Å²) >= 11 is 0. The summed E-state index contributed by atoms with van der Waals surface area (Å²) in [7, 11) is 1.54. The minimum Gasteiger partial charge on any atom is -0.391 e. The molecule has 30 heavy (non-hydrogen) atoms. The molecule has 2 aliphatic heterocycles. The van der Waals surface area contributed by atoms with E-state index in [0.717, 1.165) is 38.0 Å². The van der Waals surface area contributed by atoms with Crippen LogP contribution in [0.25, 0.3) is 0 Å². The van der Waals surface area contributed by atoms with E-state index in [4.69, 9.17) is 4.74 Å². The third-order valence-electron chi connectivity index (χ3n) is 5.98. The van der Waals surface area contributed by atoms with Crippen LogP contribution in [0.3, 0.4) is 0 Å². The number of β-amino-alcohol motifs (C(OH)–C–C–N with tert-alkyl or cyclic N) is 1. The maximum atomic E-state index is 13.5. The number of amides is 2. The van der Waals surface area contributed by atoms with Crippen LogP contribution in [0.2, 0.25) is 0 Å². The maximum absolute atomic E-state index is 13.5. The fourth-order valence-corrected chi connectivity index (χ4v) is 4.41. The molecule has 2 amide bonds. The van der Waals surface area contributed by atoms with E-state index in [9.17, 15) is 14.7 Å². The minimum absolute atomic E-state index is 0.143. The van der Waals surface area contributed by atoms with Crippen molar-refractivity contribution in [1.29, 1.82) is 0 Å². The lowest BCUT2D eigenvalue weighted by Crippen LogP contribution is -2.49. The van der Waals surface area contributed by atoms with Gasteiger partial charge < -0.3 is 20.1 Å². The summed E-state index contributed by atoms with van der Waals surface area (Å²) in [5.74, 6) is -0.487. The average molecular weight is 422 g/mol. The zero-order chi connectivity index (χ0) is 21.9. The predicted octanol–water partition coefficient (Wildman–Crippen LogP) is 1.07. The van der Waals surface area contributed by atoms with Crippen molar-refractivity contribution in [2.75, 3.05) is 20.2 Å². The molecule has 1 unspecified atom stereocenters. The van der Waals surface area contributed by atoms with Gasteiger partial charge in [0.2, 0.25) is 11.8 Å². The van der Waals surface area contributed by atoms with Crippen LogP contribution in [-0.4, -0.2) is 75.3 Å². The van der Waals surface area contributed by atoms with Crippen molar-refractivity contribution in [3.8, 4) is 0 Å². The Bertz CT molecular complexity index is 738. The van der Waals surface area contributed by atoms with Gasteiger partial charge in [-0.3, -0.25) is 9.59 Å². The highest BCUT2D eigenvalue weighted by Crippen LogP contribution is 2.34. The highest BCUT2D eigenvalue weighted by molar-refractivity contribution is 5.90. The Morgan fingerprint density at radius 1 is 1.37 bits per heavy atom. The largest absolute Gasteiger partial charge is 0.391 e. The molecule has 1 aromatic rings. The predicted molar refractivity (Wildman–Crippen MR) is 111 cm³/mol. The van der Waals surface area contributed by atoms with E-state index in [0.29, 0.717) is 0 Å². The second-order valence-corrected chi connectivity index (χ2v) is 9.50. The zero-order valence-electron chi connectivity index (χ0n) is 18.5. The maximum Gasteiger partial charge on any atom is 0.248 e. The van der Waals surface area contributed by atoms with Gasteiger partial charge >= 0.3 is 0 Å². The van der Waals surface area contributed by atoms with Crippen molar-refractivity contribution in [2.24, 2.45) is 5.41 Å². The van der Waals surface area contributed by atoms with Crippen molar-refractivity contribution >= 4 is 11.8 Å². The standard InChI is InChI=1S/C21H35N5O4/c1-21(2,3)18(20(29)25-13-15(27)11-17(25)19(28)22-4)26-12-14(23-24-26)8-9-16-7-5-6-10-30-16/h12,15-18,27H,5-11,13H2,1-4H3,(H,22,28)/t15-,16?,17+,18+/m0/s1. The zero-order valence-corrected chi connectivity index (χ0v) is 18.5. The Morgan fingerprint density at radius 2 is 2.13 bits per heavy atom. The van der Waals surface area contributed by atoms with E-state index in [2.05, 4.69) is 15.6 Å². The quantitative estimate of drug-likeness (QED) is 0.711. The van der Waals surface area contributed by atoms with Crippen LogP contribution in [0, 0.1) is 5.41 Å². The number of rotatable bonds is 6. The van der Waals surface area contributed by atoms with E-state index in [-0.39, 0.29) is 30.9 Å². The number of aromatic nitrogens is 3. The van der Waals surface area contributed by atoms with Gasteiger partial charge in [-0.1, -0.05) is 26.0 Å². The van der Waals surface area contributed by atoms with Crippen LogP contribution in [0.4, 0.5) is 0 Å². The summed E-state index contributed by atoms with van der Waals surface area (Å²) in [5, 5.41) is 21.2. The first-order valence-electron chi connectivity index (χ1n) is 10.9. The lowest BCUT2D eigenvalue weighted by Gasteiger charge is -2.34. The molecule has 168 valence electrons. The van der Waals surface area contributed by atoms with Crippen LogP contribution in [0.15, 0.2) is 6.20 Å². The molecule has 1 aromatic heterocycles. The van der Waals surface area contributed by atoms with Gasteiger partial charge in [0.1, 0.15) is 12.1 Å². The van der Waals surface area contributed by atoms with Gasteiger partial charge in [-0.25, -0.2) is 4.68 Å². The van der Waals surface area contributed by atoms with E-state index in [1.54, 1.807) is 4.68 Å². The Kier molecular flexibility index (Phi) is 7.13. The molecule has 0 saturated carbocycles. The number of nitrogens with one attached hydrogen (secondary N) is 1. The van der Waals surface area contributed by atoms with Crippen molar-refractivity contribution < 1.29 is 19.4 Å². The first-order chi connectivity index (χ1) is 14.2.